The summed E-state index contributed by atoms with van der Waals surface area (Å²) in [5.41, 5.74) is 2.97. The van der Waals surface area contributed by atoms with Crippen molar-refractivity contribution < 1.29 is 14.0 Å². The van der Waals surface area contributed by atoms with Gasteiger partial charge >= 0.3 is 0 Å². The normalized spacial score (nSPS) is 17.2. The molecule has 0 bridgehead atoms. The molecule has 20 heavy (non-hydrogen) atoms. The van der Waals surface area contributed by atoms with Crippen molar-refractivity contribution >= 4 is 22.8 Å². The molecule has 0 saturated carbocycles. The number of amides is 2. The van der Waals surface area contributed by atoms with Crippen LogP contribution in [-0.2, 0) is 9.59 Å². The summed E-state index contributed by atoms with van der Waals surface area (Å²) in [4.78, 5) is 24.8. The number of hydrogen-bond acceptors (Lipinski definition) is 3. The number of piperidine rings is 1. The minimum absolute atomic E-state index is 0.0405. The van der Waals surface area contributed by atoms with Gasteiger partial charge in [-0.05, 0) is 31.0 Å². The lowest BCUT2D eigenvalue weighted by Gasteiger charge is -2.27. The number of fused-ring (bicyclic) bond motifs is 1. The van der Waals surface area contributed by atoms with Gasteiger partial charge in [0.2, 0.25) is 11.8 Å². The molecule has 4 heteroatoms. The minimum Gasteiger partial charge on any atom is -0.461 e. The number of imide groups is 1. The van der Waals surface area contributed by atoms with Crippen molar-refractivity contribution in [1.29, 1.82) is 0 Å². The Kier molecular flexibility index (Phi) is 2.89. The van der Waals surface area contributed by atoms with E-state index in [1.807, 2.05) is 32.0 Å². The van der Waals surface area contributed by atoms with Crippen molar-refractivity contribution in [2.75, 3.05) is 7.05 Å². The van der Waals surface area contributed by atoms with Crippen LogP contribution < -0.4 is 0 Å². The van der Waals surface area contributed by atoms with Crippen molar-refractivity contribution in [2.45, 2.75) is 32.6 Å². The average molecular weight is 271 g/mol. The molecule has 2 heterocycles. The second kappa shape index (κ2) is 4.47. The van der Waals surface area contributed by atoms with Crippen LogP contribution >= 0.6 is 0 Å². The molecule has 0 N–H and O–H groups in total. The maximum Gasteiger partial charge on any atom is 0.229 e. The van der Waals surface area contributed by atoms with Crippen LogP contribution in [0.2, 0.25) is 0 Å². The van der Waals surface area contributed by atoms with Crippen LogP contribution in [0.5, 0.6) is 0 Å². The van der Waals surface area contributed by atoms with Crippen LogP contribution in [-0.4, -0.2) is 23.8 Å². The van der Waals surface area contributed by atoms with Gasteiger partial charge in [-0.3, -0.25) is 14.5 Å². The van der Waals surface area contributed by atoms with E-state index in [1.165, 1.54) is 4.90 Å². The number of aryl methyl sites for hydroxylation is 2. The van der Waals surface area contributed by atoms with Gasteiger partial charge in [0.15, 0.2) is 0 Å². The van der Waals surface area contributed by atoms with Crippen molar-refractivity contribution in [1.82, 2.24) is 4.90 Å². The number of hydrogen-bond donors (Lipinski definition) is 0. The molecule has 0 radical (unpaired) electrons. The third-order valence-electron chi connectivity index (χ3n) is 4.26. The highest BCUT2D eigenvalue weighted by Crippen LogP contribution is 2.33. The van der Waals surface area contributed by atoms with E-state index in [0.717, 1.165) is 27.9 Å². The van der Waals surface area contributed by atoms with E-state index in [-0.39, 0.29) is 17.7 Å². The van der Waals surface area contributed by atoms with E-state index in [0.29, 0.717) is 12.8 Å². The molecule has 1 aromatic heterocycles. The van der Waals surface area contributed by atoms with Gasteiger partial charge in [0.25, 0.3) is 0 Å². The van der Waals surface area contributed by atoms with E-state index >= 15 is 0 Å². The van der Waals surface area contributed by atoms with Crippen LogP contribution in [0.25, 0.3) is 11.0 Å². The van der Waals surface area contributed by atoms with Gasteiger partial charge in [-0.2, -0.15) is 0 Å². The monoisotopic (exact) mass is 271 g/mol. The molecule has 0 atom stereocenters. The van der Waals surface area contributed by atoms with Gasteiger partial charge in [0.1, 0.15) is 11.3 Å². The maximum atomic E-state index is 11.8. The number of likely N-dealkylation sites (tertiary alicyclic amines) is 1. The Bertz CT molecular complexity index is 696. The summed E-state index contributed by atoms with van der Waals surface area (Å²) in [6.45, 7) is 3.97. The van der Waals surface area contributed by atoms with Crippen LogP contribution in [0.3, 0.4) is 0 Å². The van der Waals surface area contributed by atoms with Gasteiger partial charge in [0.05, 0.1) is 0 Å². The SMILES string of the molecule is Cc1oc2cc(C3CC(=O)N(C)C(=O)C3)ccc2c1C. The van der Waals surface area contributed by atoms with Crippen LogP contribution in [0, 0.1) is 13.8 Å². The number of carbonyl (C=O) groups excluding carboxylic acids is 2. The summed E-state index contributed by atoms with van der Waals surface area (Å²) in [6, 6.07) is 5.98. The van der Waals surface area contributed by atoms with Crippen molar-refractivity contribution in [3.63, 3.8) is 0 Å². The van der Waals surface area contributed by atoms with Gasteiger partial charge in [-0.15, -0.1) is 0 Å². The first-order valence-corrected chi connectivity index (χ1v) is 6.76. The fourth-order valence-corrected chi connectivity index (χ4v) is 2.76. The van der Waals surface area contributed by atoms with Gasteiger partial charge < -0.3 is 4.42 Å². The Morgan fingerprint density at radius 1 is 1.15 bits per heavy atom. The topological polar surface area (TPSA) is 50.5 Å². The summed E-state index contributed by atoms with van der Waals surface area (Å²) in [5, 5.41) is 1.09. The summed E-state index contributed by atoms with van der Waals surface area (Å²) >= 11 is 0. The minimum atomic E-state index is -0.113. The van der Waals surface area contributed by atoms with Crippen LogP contribution in [0.15, 0.2) is 22.6 Å². The molecule has 2 aromatic rings. The van der Waals surface area contributed by atoms with Gasteiger partial charge in [-0.25, -0.2) is 0 Å². The molecule has 1 aliphatic heterocycles. The second-order valence-corrected chi connectivity index (χ2v) is 5.49. The Labute approximate surface area is 117 Å². The highest BCUT2D eigenvalue weighted by atomic mass is 16.3. The lowest BCUT2D eigenvalue weighted by molar-refractivity contribution is -0.146. The zero-order valence-electron chi connectivity index (χ0n) is 11.9. The summed E-state index contributed by atoms with van der Waals surface area (Å²) < 4.78 is 5.72. The highest BCUT2D eigenvalue weighted by molar-refractivity contribution is 5.98. The van der Waals surface area contributed by atoms with Crippen molar-refractivity contribution in [3.05, 3.63) is 35.1 Å². The van der Waals surface area contributed by atoms with Gasteiger partial charge in [-0.1, -0.05) is 12.1 Å². The number of furan rings is 1. The summed E-state index contributed by atoms with van der Waals surface area (Å²) in [6.07, 6.45) is 0.763. The number of carbonyl (C=O) groups is 2. The zero-order valence-corrected chi connectivity index (χ0v) is 11.9. The smallest absolute Gasteiger partial charge is 0.229 e. The number of rotatable bonds is 1. The highest BCUT2D eigenvalue weighted by Gasteiger charge is 2.31. The molecule has 0 unspecified atom stereocenters. The summed E-state index contributed by atoms with van der Waals surface area (Å²) in [7, 11) is 1.54. The number of nitrogens with zero attached hydrogens (tertiary/aromatic N) is 1. The van der Waals surface area contributed by atoms with Crippen molar-refractivity contribution in [2.24, 2.45) is 0 Å². The molecule has 1 aliphatic rings. The molecule has 4 nitrogen and oxygen atoms in total. The lowest BCUT2D eigenvalue weighted by Crippen LogP contribution is -2.39. The quantitative estimate of drug-likeness (QED) is 0.749. The third kappa shape index (κ3) is 1.92. The first-order valence-electron chi connectivity index (χ1n) is 6.76. The number of benzene rings is 1. The Balaban J connectivity index is 1.98. The zero-order chi connectivity index (χ0) is 14.4. The third-order valence-corrected chi connectivity index (χ3v) is 4.26. The van der Waals surface area contributed by atoms with Crippen LogP contribution in [0.4, 0.5) is 0 Å². The molecule has 1 aromatic carbocycles. The molecular weight excluding hydrogens is 254 g/mol. The fourth-order valence-electron chi connectivity index (χ4n) is 2.76. The second-order valence-electron chi connectivity index (χ2n) is 5.49. The molecule has 0 aliphatic carbocycles. The van der Waals surface area contributed by atoms with E-state index in [4.69, 9.17) is 4.42 Å². The predicted octanol–water partition coefficient (Wildman–Crippen LogP) is 2.91. The fraction of sp³-hybridized carbons (Fsp3) is 0.375. The molecule has 1 fully saturated rings. The Morgan fingerprint density at radius 3 is 2.45 bits per heavy atom. The summed E-state index contributed by atoms with van der Waals surface area (Å²) in [5.74, 6) is 0.644. The predicted molar refractivity (Wildman–Crippen MR) is 75.4 cm³/mol. The molecule has 1 saturated heterocycles. The largest absolute Gasteiger partial charge is 0.461 e. The van der Waals surface area contributed by atoms with E-state index in [9.17, 15) is 9.59 Å². The van der Waals surface area contributed by atoms with Gasteiger partial charge in [0, 0.05) is 31.2 Å². The first-order chi connectivity index (χ1) is 9.47. The molecule has 3 rings (SSSR count). The average Bonchev–Trinajstić information content (AvgIpc) is 2.70. The standard InChI is InChI=1S/C16H17NO3/c1-9-10(2)20-14-6-11(4-5-13(9)14)12-7-15(18)17(3)16(19)8-12/h4-6,12H,7-8H2,1-3H3. The lowest BCUT2D eigenvalue weighted by atomic mass is 9.88. The molecular formula is C16H17NO3. The van der Waals surface area contributed by atoms with E-state index in [2.05, 4.69) is 0 Å². The molecule has 0 spiro atoms. The molecule has 2 amide bonds. The van der Waals surface area contributed by atoms with E-state index in [1.54, 1.807) is 7.05 Å². The van der Waals surface area contributed by atoms with Crippen molar-refractivity contribution in [3.8, 4) is 0 Å². The Hall–Kier alpha value is -2.10. The van der Waals surface area contributed by atoms with E-state index < -0.39 is 0 Å². The Morgan fingerprint density at radius 2 is 1.80 bits per heavy atom. The first kappa shape index (κ1) is 12.9. The molecule has 104 valence electrons. The van der Waals surface area contributed by atoms with Crippen LogP contribution in [0.1, 0.15) is 35.6 Å². The maximum absolute atomic E-state index is 11.8.